The molecule has 0 N–H and O–H groups in total. The van der Waals surface area contributed by atoms with E-state index in [2.05, 4.69) is 117 Å². The summed E-state index contributed by atoms with van der Waals surface area (Å²) in [4.78, 5) is 10.7. The van der Waals surface area contributed by atoms with Gasteiger partial charge in [-0.2, -0.15) is 0 Å². The third-order valence-electron chi connectivity index (χ3n) is 6.55. The summed E-state index contributed by atoms with van der Waals surface area (Å²) in [6.45, 7) is 0. The molecule has 7 rings (SSSR count). The number of nitrogens with zero attached hydrogens (tertiary/aromatic N) is 2. The molecule has 0 aliphatic heterocycles. The van der Waals surface area contributed by atoms with Gasteiger partial charge in [0.25, 0.3) is 0 Å². The Morgan fingerprint density at radius 2 is 0.794 bits per heavy atom. The van der Waals surface area contributed by atoms with Gasteiger partial charge in [0, 0.05) is 41.6 Å². The number of rotatable bonds is 2. The van der Waals surface area contributed by atoms with Gasteiger partial charge in [-0.05, 0) is 22.9 Å². The van der Waals surface area contributed by atoms with Crippen LogP contribution < -0.4 is 0 Å². The van der Waals surface area contributed by atoms with Crippen molar-refractivity contribution < 1.29 is 0 Å². The maximum Gasteiger partial charge on any atom is 0.0980 e. The standard InChI is InChI=1S/C30H16Br2N2/c31-23-15-13-21-25-19(23)11-12-20-24(32)16-14-22(26(20)25)30-29(21)33-27(17-7-3-1-4-8-17)28(34-30)18-9-5-2-6-10-18/h1-16H. The molecular formula is C30H16Br2N2. The average Bonchev–Trinajstić information content (AvgIpc) is 2.89. The van der Waals surface area contributed by atoms with Crippen LogP contribution in [0.5, 0.6) is 0 Å². The summed E-state index contributed by atoms with van der Waals surface area (Å²) in [6.07, 6.45) is 0. The fourth-order valence-electron chi connectivity index (χ4n) is 5.02. The lowest BCUT2D eigenvalue weighted by atomic mass is 9.92. The summed E-state index contributed by atoms with van der Waals surface area (Å²) in [5.41, 5.74) is 5.77. The quantitative estimate of drug-likeness (QED) is 0.155. The minimum Gasteiger partial charge on any atom is -0.243 e. The molecule has 0 amide bonds. The van der Waals surface area contributed by atoms with E-state index in [1.165, 1.54) is 21.5 Å². The van der Waals surface area contributed by atoms with Crippen LogP contribution in [0.4, 0.5) is 0 Å². The van der Waals surface area contributed by atoms with Crippen LogP contribution >= 0.6 is 31.9 Å². The van der Waals surface area contributed by atoms with E-state index in [4.69, 9.17) is 9.97 Å². The zero-order valence-electron chi connectivity index (χ0n) is 17.9. The highest BCUT2D eigenvalue weighted by molar-refractivity contribution is 9.11. The van der Waals surface area contributed by atoms with Gasteiger partial charge in [-0.3, -0.25) is 0 Å². The third-order valence-corrected chi connectivity index (χ3v) is 7.93. The highest BCUT2D eigenvalue weighted by Gasteiger charge is 2.20. The lowest BCUT2D eigenvalue weighted by Gasteiger charge is -2.17. The third kappa shape index (κ3) is 2.85. The maximum absolute atomic E-state index is 5.33. The smallest absolute Gasteiger partial charge is 0.0980 e. The molecule has 0 spiro atoms. The first-order valence-corrected chi connectivity index (χ1v) is 12.7. The van der Waals surface area contributed by atoms with Gasteiger partial charge in [0.15, 0.2) is 0 Å². The fraction of sp³-hybridized carbons (Fsp3) is 0. The number of hydrogen-bond donors (Lipinski definition) is 0. The van der Waals surface area contributed by atoms with Crippen LogP contribution in [0.25, 0.3) is 65.9 Å². The molecular weight excluding hydrogens is 548 g/mol. The summed E-state index contributed by atoms with van der Waals surface area (Å²) < 4.78 is 2.17. The van der Waals surface area contributed by atoms with Crippen LogP contribution in [0.3, 0.4) is 0 Å². The Balaban J connectivity index is 1.75. The second-order valence-electron chi connectivity index (χ2n) is 8.45. The molecule has 0 atom stereocenters. The molecule has 0 saturated heterocycles. The highest BCUT2D eigenvalue weighted by Crippen LogP contribution is 2.44. The Morgan fingerprint density at radius 1 is 0.412 bits per heavy atom. The largest absolute Gasteiger partial charge is 0.243 e. The molecule has 4 heteroatoms. The van der Waals surface area contributed by atoms with Crippen LogP contribution in [0.2, 0.25) is 0 Å². The van der Waals surface area contributed by atoms with E-state index in [1.54, 1.807) is 0 Å². The van der Waals surface area contributed by atoms with Gasteiger partial charge in [0.2, 0.25) is 0 Å². The van der Waals surface area contributed by atoms with Gasteiger partial charge in [-0.1, -0.05) is 117 Å². The lowest BCUT2D eigenvalue weighted by Crippen LogP contribution is -1.98. The molecule has 1 aromatic heterocycles. The second-order valence-corrected chi connectivity index (χ2v) is 10.2. The van der Waals surface area contributed by atoms with E-state index < -0.39 is 0 Å². The molecule has 34 heavy (non-hydrogen) atoms. The van der Waals surface area contributed by atoms with Crippen LogP contribution in [0, 0.1) is 0 Å². The van der Waals surface area contributed by atoms with E-state index in [0.717, 1.165) is 53.3 Å². The number of aromatic nitrogens is 2. The average molecular weight is 564 g/mol. The second kappa shape index (κ2) is 7.59. The summed E-state index contributed by atoms with van der Waals surface area (Å²) >= 11 is 7.54. The van der Waals surface area contributed by atoms with E-state index in [0.29, 0.717) is 0 Å². The lowest BCUT2D eigenvalue weighted by molar-refractivity contribution is 1.31. The van der Waals surface area contributed by atoms with Crippen molar-refractivity contribution in [3.8, 4) is 22.5 Å². The van der Waals surface area contributed by atoms with Gasteiger partial charge in [0.1, 0.15) is 0 Å². The normalized spacial score (nSPS) is 11.8. The topological polar surface area (TPSA) is 25.8 Å². The van der Waals surface area contributed by atoms with Crippen molar-refractivity contribution in [2.75, 3.05) is 0 Å². The van der Waals surface area contributed by atoms with E-state index >= 15 is 0 Å². The predicted molar refractivity (Wildman–Crippen MR) is 150 cm³/mol. The predicted octanol–water partition coefficient (Wildman–Crippen LogP) is 9.39. The monoisotopic (exact) mass is 562 g/mol. The Morgan fingerprint density at radius 3 is 1.21 bits per heavy atom. The molecule has 0 unspecified atom stereocenters. The van der Waals surface area contributed by atoms with Gasteiger partial charge in [0.05, 0.1) is 22.4 Å². The van der Waals surface area contributed by atoms with Crippen molar-refractivity contribution in [1.29, 1.82) is 0 Å². The fourth-order valence-corrected chi connectivity index (χ4v) is 5.94. The summed E-state index contributed by atoms with van der Waals surface area (Å²) in [5.74, 6) is 0. The molecule has 7 aromatic rings. The van der Waals surface area contributed by atoms with Gasteiger partial charge >= 0.3 is 0 Å². The summed E-state index contributed by atoms with van der Waals surface area (Å²) in [6, 6.07) is 33.6. The molecule has 6 aromatic carbocycles. The SMILES string of the molecule is Brc1ccc2c3nc(-c4ccccc4)c(-c4ccccc4)nc3c3ccc(Br)c4ccc1c2c43. The van der Waals surface area contributed by atoms with Gasteiger partial charge in [-0.25, -0.2) is 9.97 Å². The molecule has 1 heterocycles. The number of hydrogen-bond acceptors (Lipinski definition) is 2. The molecule has 2 nitrogen and oxygen atoms in total. The van der Waals surface area contributed by atoms with Crippen molar-refractivity contribution in [1.82, 2.24) is 9.97 Å². The Hall–Kier alpha value is -3.34. The first-order chi connectivity index (χ1) is 16.7. The number of fused-ring (bicyclic) bond motifs is 3. The number of benzene rings is 6. The molecule has 0 aliphatic carbocycles. The first kappa shape index (κ1) is 20.1. The highest BCUT2D eigenvalue weighted by atomic mass is 79.9. The minimum absolute atomic E-state index is 0.898. The minimum atomic E-state index is 0.898. The molecule has 0 fully saturated rings. The first-order valence-electron chi connectivity index (χ1n) is 11.1. The molecule has 0 bridgehead atoms. The van der Waals surface area contributed by atoms with Crippen LogP contribution in [0.15, 0.2) is 106 Å². The van der Waals surface area contributed by atoms with Crippen LogP contribution in [-0.4, -0.2) is 9.97 Å². The van der Waals surface area contributed by atoms with Crippen molar-refractivity contribution in [2.24, 2.45) is 0 Å². The van der Waals surface area contributed by atoms with Crippen molar-refractivity contribution >= 4 is 75.2 Å². The van der Waals surface area contributed by atoms with Crippen LogP contribution in [-0.2, 0) is 0 Å². The van der Waals surface area contributed by atoms with E-state index in [1.807, 2.05) is 12.1 Å². The molecule has 0 saturated carbocycles. The zero-order chi connectivity index (χ0) is 22.8. The van der Waals surface area contributed by atoms with Gasteiger partial charge in [-0.15, -0.1) is 0 Å². The van der Waals surface area contributed by atoms with Crippen molar-refractivity contribution in [3.63, 3.8) is 0 Å². The Kier molecular flexibility index (Phi) is 4.48. The molecule has 0 radical (unpaired) electrons. The van der Waals surface area contributed by atoms with Crippen molar-refractivity contribution in [2.45, 2.75) is 0 Å². The summed E-state index contributed by atoms with van der Waals surface area (Å²) in [5, 5.41) is 7.05. The molecule has 0 aliphatic rings. The van der Waals surface area contributed by atoms with E-state index in [9.17, 15) is 0 Å². The van der Waals surface area contributed by atoms with E-state index in [-0.39, 0.29) is 0 Å². The van der Waals surface area contributed by atoms with Crippen molar-refractivity contribution in [3.05, 3.63) is 106 Å². The van der Waals surface area contributed by atoms with Crippen LogP contribution in [0.1, 0.15) is 0 Å². The zero-order valence-corrected chi connectivity index (χ0v) is 21.1. The summed E-state index contributed by atoms with van der Waals surface area (Å²) in [7, 11) is 0. The molecule has 160 valence electrons. The number of halogens is 2. The Bertz CT molecular complexity index is 1730. The van der Waals surface area contributed by atoms with Gasteiger partial charge < -0.3 is 0 Å². The Labute approximate surface area is 212 Å². The maximum atomic E-state index is 5.33.